The molecule has 2 N–H and O–H groups in total. The Labute approximate surface area is 198 Å². The Morgan fingerprint density at radius 3 is 2.49 bits per heavy atom. The highest BCUT2D eigenvalue weighted by Crippen LogP contribution is 2.49. The number of carbonyl (C=O) groups excluding carboxylic acids is 2. The summed E-state index contributed by atoms with van der Waals surface area (Å²) < 4.78 is 82.3. The first-order valence-electron chi connectivity index (χ1n) is 9.97. The summed E-state index contributed by atoms with van der Waals surface area (Å²) in [6.45, 7) is -0.934. The van der Waals surface area contributed by atoms with Gasteiger partial charge in [0.2, 0.25) is 0 Å². The van der Waals surface area contributed by atoms with Crippen LogP contribution in [0.25, 0.3) is 0 Å². The average Bonchev–Trinajstić information content (AvgIpc) is 3.40. The molecule has 2 aliphatic rings. The maximum atomic E-state index is 14.2. The zero-order chi connectivity index (χ0) is 25.6. The molecule has 3 heterocycles. The van der Waals surface area contributed by atoms with Crippen molar-refractivity contribution >= 4 is 29.1 Å². The molecule has 0 radical (unpaired) electrons. The van der Waals surface area contributed by atoms with Crippen LogP contribution < -0.4 is 10.8 Å². The summed E-state index contributed by atoms with van der Waals surface area (Å²) in [5.74, 6) is -1.20. The summed E-state index contributed by atoms with van der Waals surface area (Å²) in [4.78, 5) is 36.4. The molecule has 2 unspecified atom stereocenters. The lowest BCUT2D eigenvalue weighted by atomic mass is 9.76. The van der Waals surface area contributed by atoms with E-state index in [-0.39, 0.29) is 23.6 Å². The van der Waals surface area contributed by atoms with Gasteiger partial charge in [-0.15, -0.1) is 0 Å². The molecule has 1 fully saturated rings. The number of hydrogen-bond donors (Lipinski definition) is 2. The van der Waals surface area contributed by atoms with E-state index >= 15 is 0 Å². The zero-order valence-corrected chi connectivity index (χ0v) is 18.2. The van der Waals surface area contributed by atoms with Crippen molar-refractivity contribution in [2.45, 2.75) is 30.2 Å². The fraction of sp³-hybridized carbons (Fsp3) is 0.333. The van der Waals surface area contributed by atoms with Crippen molar-refractivity contribution in [3.8, 4) is 0 Å². The van der Waals surface area contributed by atoms with E-state index in [4.69, 9.17) is 16.4 Å². The predicted octanol–water partition coefficient (Wildman–Crippen LogP) is 3.61. The van der Waals surface area contributed by atoms with Gasteiger partial charge in [-0.3, -0.25) is 24.4 Å². The number of halogens is 7. The number of hydrogen-bond acceptors (Lipinski definition) is 5. The third-order valence-electron chi connectivity index (χ3n) is 5.70. The van der Waals surface area contributed by atoms with Crippen molar-refractivity contribution in [3.05, 3.63) is 63.9 Å². The van der Waals surface area contributed by atoms with Crippen LogP contribution in [0.15, 0.2) is 41.5 Å². The summed E-state index contributed by atoms with van der Waals surface area (Å²) in [5, 5.41) is 1.93. The normalized spacial score (nSPS) is 22.7. The van der Waals surface area contributed by atoms with Gasteiger partial charge in [0.1, 0.15) is 18.1 Å². The molecule has 0 spiro atoms. The van der Waals surface area contributed by atoms with Crippen LogP contribution in [0.4, 0.5) is 26.3 Å². The van der Waals surface area contributed by atoms with Gasteiger partial charge < -0.3 is 5.32 Å². The number of amides is 2. The molecule has 2 amide bonds. The Morgan fingerprint density at radius 2 is 1.91 bits per heavy atom. The smallest absolute Gasteiger partial charge is 0.338 e. The number of hydroxylamine groups is 1. The van der Waals surface area contributed by atoms with Crippen molar-refractivity contribution < 1.29 is 40.8 Å². The third kappa shape index (κ3) is 4.82. The number of nitrogens with one attached hydrogen (secondary N) is 2. The molecule has 4 rings (SSSR count). The molecule has 1 saturated heterocycles. The minimum Gasteiger partial charge on any atom is -0.338 e. The van der Waals surface area contributed by atoms with Crippen LogP contribution in [0, 0.1) is 0 Å². The van der Waals surface area contributed by atoms with E-state index in [1.807, 2.05) is 0 Å². The molecule has 1 aromatic heterocycles. The van der Waals surface area contributed by atoms with Crippen LogP contribution in [0.2, 0.25) is 5.02 Å². The molecule has 35 heavy (non-hydrogen) atoms. The van der Waals surface area contributed by atoms with Crippen LogP contribution in [0.3, 0.4) is 0 Å². The van der Waals surface area contributed by atoms with Crippen molar-refractivity contribution in [2.75, 3.05) is 13.2 Å². The second kappa shape index (κ2) is 8.79. The van der Waals surface area contributed by atoms with Gasteiger partial charge in [0.05, 0.1) is 29.1 Å². The summed E-state index contributed by atoms with van der Waals surface area (Å²) in [7, 11) is 0. The number of alkyl halides is 6. The number of aliphatic imine (C=N–C) groups is 1. The molecular formula is C21H15ClF6N4O3. The van der Waals surface area contributed by atoms with Crippen LogP contribution in [0.5, 0.6) is 0 Å². The largest absolute Gasteiger partial charge is 0.416 e. The Morgan fingerprint density at radius 1 is 1.17 bits per heavy atom. The lowest BCUT2D eigenvalue weighted by molar-refractivity contribution is -0.184. The molecule has 186 valence electrons. The second-order valence-electron chi connectivity index (χ2n) is 7.98. The SMILES string of the molecule is O=C(NC1CONC1=O)c1ccc(C2=NCC(c3cc(Cl)cc(C(F)(F)F)c3)(C(F)(F)F)C2)nc1. The second-order valence-corrected chi connectivity index (χ2v) is 8.42. The number of rotatable bonds is 4. The lowest BCUT2D eigenvalue weighted by Gasteiger charge is -2.32. The monoisotopic (exact) mass is 520 g/mol. The van der Waals surface area contributed by atoms with Gasteiger partial charge in [-0.1, -0.05) is 11.6 Å². The van der Waals surface area contributed by atoms with Crippen molar-refractivity contribution in [2.24, 2.45) is 4.99 Å². The van der Waals surface area contributed by atoms with E-state index in [0.717, 1.165) is 12.3 Å². The fourth-order valence-electron chi connectivity index (χ4n) is 3.77. The van der Waals surface area contributed by atoms with Crippen molar-refractivity contribution in [1.29, 1.82) is 0 Å². The minimum absolute atomic E-state index is 0.0210. The quantitative estimate of drug-likeness (QED) is 0.603. The van der Waals surface area contributed by atoms with E-state index in [2.05, 4.69) is 20.8 Å². The molecule has 2 aliphatic heterocycles. The number of aromatic nitrogens is 1. The predicted molar refractivity (Wildman–Crippen MR) is 110 cm³/mol. The number of benzene rings is 1. The van der Waals surface area contributed by atoms with Crippen LogP contribution in [-0.2, 0) is 21.2 Å². The van der Waals surface area contributed by atoms with E-state index in [9.17, 15) is 35.9 Å². The first-order chi connectivity index (χ1) is 16.3. The van der Waals surface area contributed by atoms with E-state index in [0.29, 0.717) is 12.1 Å². The van der Waals surface area contributed by atoms with Gasteiger partial charge in [0.25, 0.3) is 11.8 Å². The van der Waals surface area contributed by atoms with Gasteiger partial charge in [0, 0.05) is 17.6 Å². The van der Waals surface area contributed by atoms with Crippen molar-refractivity contribution in [1.82, 2.24) is 15.8 Å². The molecular weight excluding hydrogens is 506 g/mol. The zero-order valence-electron chi connectivity index (χ0n) is 17.4. The number of nitrogens with zero attached hydrogens (tertiary/aromatic N) is 2. The molecule has 7 nitrogen and oxygen atoms in total. The van der Waals surface area contributed by atoms with Crippen molar-refractivity contribution in [3.63, 3.8) is 0 Å². The lowest BCUT2D eigenvalue weighted by Crippen LogP contribution is -2.44. The maximum Gasteiger partial charge on any atom is 0.416 e. The van der Waals surface area contributed by atoms with E-state index in [1.54, 1.807) is 0 Å². The molecule has 14 heteroatoms. The minimum atomic E-state index is -4.95. The molecule has 0 aliphatic carbocycles. The highest BCUT2D eigenvalue weighted by atomic mass is 35.5. The molecule has 0 saturated carbocycles. The Bertz CT molecular complexity index is 1200. The highest BCUT2D eigenvalue weighted by Gasteiger charge is 2.59. The Hall–Kier alpha value is -3.19. The summed E-state index contributed by atoms with van der Waals surface area (Å²) >= 11 is 5.73. The Balaban J connectivity index is 1.58. The van der Waals surface area contributed by atoms with Crippen LogP contribution in [0.1, 0.15) is 33.6 Å². The van der Waals surface area contributed by atoms with Gasteiger partial charge in [-0.05, 0) is 35.9 Å². The molecule has 0 bridgehead atoms. The van der Waals surface area contributed by atoms with Gasteiger partial charge in [-0.25, -0.2) is 5.48 Å². The topological polar surface area (TPSA) is 92.7 Å². The molecule has 2 aromatic rings. The fourth-order valence-corrected chi connectivity index (χ4v) is 4.00. The summed E-state index contributed by atoms with van der Waals surface area (Å²) in [5.41, 5.74) is -2.66. The standard InChI is InChI=1S/C21H15ClF6N4O3/c22-13-4-11(3-12(5-13)20(23,24)25)19(21(26,27)28)6-15(30-9-19)14-2-1-10(7-29-14)17(33)31-16-8-35-32-18(16)34/h1-5,7,16H,6,8-9H2,(H,31,33)(H,32,34). The third-order valence-corrected chi connectivity index (χ3v) is 5.91. The van der Waals surface area contributed by atoms with Crippen LogP contribution in [-0.4, -0.2) is 47.9 Å². The van der Waals surface area contributed by atoms with E-state index in [1.165, 1.54) is 12.1 Å². The summed E-state index contributed by atoms with van der Waals surface area (Å²) in [6, 6.07) is 3.48. The number of carbonyl (C=O) groups is 2. The number of pyridine rings is 1. The molecule has 2 atom stereocenters. The van der Waals surface area contributed by atoms with Gasteiger partial charge >= 0.3 is 12.4 Å². The highest BCUT2D eigenvalue weighted by molar-refractivity contribution is 6.30. The average molecular weight is 521 g/mol. The van der Waals surface area contributed by atoms with Crippen LogP contribution >= 0.6 is 11.6 Å². The van der Waals surface area contributed by atoms with Gasteiger partial charge in [-0.2, -0.15) is 26.3 Å². The maximum absolute atomic E-state index is 14.2. The summed E-state index contributed by atoms with van der Waals surface area (Å²) in [6.07, 6.45) is -9.52. The van der Waals surface area contributed by atoms with Gasteiger partial charge in [0.15, 0.2) is 0 Å². The Kier molecular flexibility index (Phi) is 6.26. The first kappa shape index (κ1) is 24.9. The van der Waals surface area contributed by atoms with E-state index < -0.39 is 64.7 Å². The molecule has 1 aromatic carbocycles. The first-order valence-corrected chi connectivity index (χ1v) is 10.4.